The monoisotopic (exact) mass is 339 g/mol. The van der Waals surface area contributed by atoms with Crippen molar-refractivity contribution in [1.29, 1.82) is 0 Å². The number of rotatable bonds is 3. The molecule has 6 heteroatoms. The molecule has 1 aromatic carbocycles. The van der Waals surface area contributed by atoms with Crippen LogP contribution in [0.1, 0.15) is 36.7 Å². The van der Waals surface area contributed by atoms with E-state index in [1.165, 1.54) is 5.56 Å². The van der Waals surface area contributed by atoms with Crippen LogP contribution in [0.15, 0.2) is 58.4 Å². The minimum atomic E-state index is -0.125. The summed E-state index contributed by atoms with van der Waals surface area (Å²) in [7, 11) is 0. The van der Waals surface area contributed by atoms with Crippen LogP contribution in [0.3, 0.4) is 0 Å². The average Bonchev–Trinajstić information content (AvgIpc) is 3.03. The lowest BCUT2D eigenvalue weighted by Gasteiger charge is -2.18. The van der Waals surface area contributed by atoms with Gasteiger partial charge in [-0.15, -0.1) is 10.2 Å². The molecule has 0 aliphatic heterocycles. The lowest BCUT2D eigenvalue weighted by Crippen LogP contribution is -2.11. The number of carbonyl (C=O) groups is 1. The average molecular weight is 339 g/mol. The highest BCUT2D eigenvalue weighted by atomic mass is 32.2. The Morgan fingerprint density at radius 1 is 1.00 bits per heavy atom. The fourth-order valence-corrected chi connectivity index (χ4v) is 2.72. The summed E-state index contributed by atoms with van der Waals surface area (Å²) in [5.74, 6) is 0.371. The number of hydrogen-bond acceptors (Lipinski definition) is 6. The van der Waals surface area contributed by atoms with Gasteiger partial charge < -0.3 is 4.42 Å². The molecule has 0 aliphatic rings. The van der Waals surface area contributed by atoms with Crippen molar-refractivity contribution < 1.29 is 9.21 Å². The Balaban J connectivity index is 1.72. The third kappa shape index (κ3) is 3.71. The topological polar surface area (TPSA) is 68.9 Å². The molecule has 0 N–H and O–H groups in total. The third-order valence-electron chi connectivity index (χ3n) is 3.50. The Morgan fingerprint density at radius 3 is 2.29 bits per heavy atom. The maximum atomic E-state index is 12.3. The van der Waals surface area contributed by atoms with E-state index in [9.17, 15) is 4.79 Å². The Hall–Kier alpha value is -2.47. The van der Waals surface area contributed by atoms with Crippen LogP contribution in [0, 0.1) is 0 Å². The summed E-state index contributed by atoms with van der Waals surface area (Å²) in [6.07, 6.45) is 3.29. The summed E-state index contributed by atoms with van der Waals surface area (Å²) in [4.78, 5) is 16.3. The number of aromatic nitrogens is 3. The van der Waals surface area contributed by atoms with Crippen molar-refractivity contribution in [1.82, 2.24) is 15.2 Å². The molecule has 24 heavy (non-hydrogen) atoms. The van der Waals surface area contributed by atoms with Crippen molar-refractivity contribution in [2.24, 2.45) is 0 Å². The molecule has 0 atom stereocenters. The van der Waals surface area contributed by atoms with Gasteiger partial charge in [0.1, 0.15) is 0 Å². The molecule has 3 rings (SSSR count). The Labute approximate surface area is 144 Å². The van der Waals surface area contributed by atoms with Crippen LogP contribution in [-0.2, 0) is 5.41 Å². The number of carbonyl (C=O) groups excluding carboxylic acids is 1. The number of thioether (sulfide) groups is 1. The highest BCUT2D eigenvalue weighted by molar-refractivity contribution is 8.14. The summed E-state index contributed by atoms with van der Waals surface area (Å²) < 4.78 is 5.53. The van der Waals surface area contributed by atoms with Crippen LogP contribution in [0.4, 0.5) is 0 Å². The number of nitrogens with zero attached hydrogens (tertiary/aromatic N) is 3. The summed E-state index contributed by atoms with van der Waals surface area (Å²) in [5.41, 5.74) is 2.62. The second-order valence-corrected chi connectivity index (χ2v) is 7.25. The molecule has 2 heterocycles. The van der Waals surface area contributed by atoms with Gasteiger partial charge in [-0.2, -0.15) is 0 Å². The van der Waals surface area contributed by atoms with Crippen LogP contribution < -0.4 is 0 Å². The Bertz CT molecular complexity index is 837. The molecule has 0 amide bonds. The lowest BCUT2D eigenvalue weighted by atomic mass is 9.87. The maximum Gasteiger partial charge on any atom is 0.284 e. The molecule has 0 saturated heterocycles. The minimum Gasteiger partial charge on any atom is -0.411 e. The van der Waals surface area contributed by atoms with Crippen LogP contribution in [0.2, 0.25) is 0 Å². The molecular weight excluding hydrogens is 322 g/mol. The molecule has 0 aliphatic carbocycles. The van der Waals surface area contributed by atoms with Crippen LogP contribution in [0.25, 0.3) is 11.5 Å². The van der Waals surface area contributed by atoms with E-state index in [-0.39, 0.29) is 15.8 Å². The molecule has 3 aromatic rings. The van der Waals surface area contributed by atoms with E-state index in [2.05, 4.69) is 36.0 Å². The fourth-order valence-electron chi connectivity index (χ4n) is 2.11. The van der Waals surface area contributed by atoms with Gasteiger partial charge in [0.2, 0.25) is 11.0 Å². The van der Waals surface area contributed by atoms with Crippen molar-refractivity contribution in [2.45, 2.75) is 31.4 Å². The van der Waals surface area contributed by atoms with Crippen LogP contribution in [0.5, 0.6) is 0 Å². The van der Waals surface area contributed by atoms with Crippen LogP contribution >= 0.6 is 11.8 Å². The van der Waals surface area contributed by atoms with Crippen molar-refractivity contribution in [3.05, 3.63) is 59.9 Å². The zero-order valence-electron chi connectivity index (χ0n) is 13.7. The lowest BCUT2D eigenvalue weighted by molar-refractivity contribution is 0.108. The molecule has 0 spiro atoms. The van der Waals surface area contributed by atoms with Gasteiger partial charge >= 0.3 is 0 Å². The normalized spacial score (nSPS) is 11.5. The zero-order chi connectivity index (χ0) is 17.2. The van der Waals surface area contributed by atoms with Crippen molar-refractivity contribution in [3.63, 3.8) is 0 Å². The van der Waals surface area contributed by atoms with Gasteiger partial charge in [0.05, 0.1) is 0 Å². The predicted octanol–water partition coefficient (Wildman–Crippen LogP) is 4.36. The number of benzene rings is 1. The maximum absolute atomic E-state index is 12.3. The first-order valence-corrected chi connectivity index (χ1v) is 8.32. The molecule has 0 radical (unpaired) electrons. The van der Waals surface area contributed by atoms with E-state index in [0.29, 0.717) is 11.5 Å². The van der Waals surface area contributed by atoms with Gasteiger partial charge in [-0.25, -0.2) is 0 Å². The van der Waals surface area contributed by atoms with E-state index in [4.69, 9.17) is 4.42 Å². The van der Waals surface area contributed by atoms with E-state index in [1.807, 2.05) is 24.3 Å². The summed E-state index contributed by atoms with van der Waals surface area (Å²) in [5, 5.41) is 7.99. The van der Waals surface area contributed by atoms with Gasteiger partial charge in [0.15, 0.2) is 0 Å². The van der Waals surface area contributed by atoms with Crippen molar-refractivity contribution >= 4 is 16.9 Å². The van der Waals surface area contributed by atoms with Crippen molar-refractivity contribution in [3.8, 4) is 11.5 Å². The molecule has 0 unspecified atom stereocenters. The van der Waals surface area contributed by atoms with E-state index >= 15 is 0 Å². The molecule has 5 nitrogen and oxygen atoms in total. The molecule has 122 valence electrons. The molecule has 0 fully saturated rings. The quantitative estimate of drug-likeness (QED) is 0.660. The van der Waals surface area contributed by atoms with Crippen molar-refractivity contribution in [2.75, 3.05) is 0 Å². The minimum absolute atomic E-state index is 0.0562. The highest BCUT2D eigenvalue weighted by Gasteiger charge is 2.17. The first kappa shape index (κ1) is 16.4. The summed E-state index contributed by atoms with van der Waals surface area (Å²) in [6.45, 7) is 6.41. The van der Waals surface area contributed by atoms with Crippen LogP contribution in [-0.4, -0.2) is 20.3 Å². The first-order chi connectivity index (χ1) is 11.4. The third-order valence-corrected chi connectivity index (χ3v) is 4.26. The fraction of sp³-hybridized carbons (Fsp3) is 0.222. The number of pyridine rings is 1. The van der Waals surface area contributed by atoms with Gasteiger partial charge in [0, 0.05) is 35.3 Å². The van der Waals surface area contributed by atoms with Gasteiger partial charge in [-0.05, 0) is 23.1 Å². The second-order valence-electron chi connectivity index (χ2n) is 6.33. The molecular formula is C18H17N3O2S. The summed E-state index contributed by atoms with van der Waals surface area (Å²) >= 11 is 0.931. The first-order valence-electron chi connectivity index (χ1n) is 7.50. The van der Waals surface area contributed by atoms with E-state index < -0.39 is 0 Å². The van der Waals surface area contributed by atoms with E-state index in [0.717, 1.165) is 17.3 Å². The second kappa shape index (κ2) is 6.57. The van der Waals surface area contributed by atoms with Gasteiger partial charge in [0.25, 0.3) is 5.22 Å². The smallest absolute Gasteiger partial charge is 0.284 e. The van der Waals surface area contributed by atoms with Gasteiger partial charge in [-0.1, -0.05) is 45.0 Å². The number of hydrogen-bond donors (Lipinski definition) is 0. The SMILES string of the molecule is CC(C)(C)c1ccc(C(=O)Sc2nnc(-c3ccncc3)o2)cc1. The largest absolute Gasteiger partial charge is 0.411 e. The molecule has 0 bridgehead atoms. The van der Waals surface area contributed by atoms with E-state index in [1.54, 1.807) is 24.5 Å². The zero-order valence-corrected chi connectivity index (χ0v) is 14.5. The van der Waals surface area contributed by atoms with Gasteiger partial charge in [-0.3, -0.25) is 9.78 Å². The standard InChI is InChI=1S/C18H17N3O2S/c1-18(2,3)14-6-4-13(5-7-14)16(22)24-17-21-20-15(23-17)12-8-10-19-11-9-12/h4-11H,1-3H3. The summed E-state index contributed by atoms with van der Waals surface area (Å²) in [6, 6.07) is 11.2. The predicted molar refractivity (Wildman–Crippen MR) is 92.9 cm³/mol. The molecule has 2 aromatic heterocycles. The molecule has 0 saturated carbocycles. The Kier molecular flexibility index (Phi) is 4.49. The highest BCUT2D eigenvalue weighted by Crippen LogP contribution is 2.27. The Morgan fingerprint density at radius 2 is 1.67 bits per heavy atom.